The van der Waals surface area contributed by atoms with Gasteiger partial charge in [0.1, 0.15) is 0 Å². The van der Waals surface area contributed by atoms with Crippen LogP contribution in [0.1, 0.15) is 87.1 Å². The number of halogens is 3. The SMILES string of the molecule is COC(=O)c1ccc(CN(Cc2cccc(-c3cccc(C(=O)N4CCC(CCCC5CCNCC5)CC4)c3)c2)C(=O)CNC(=O)c2ccccc2)cc1.O=C(O)C(F)(F)F. The first kappa shape index (κ1) is 46.1. The summed E-state index contributed by atoms with van der Waals surface area (Å²) in [6.07, 6.45) is 3.57. The summed E-state index contributed by atoms with van der Waals surface area (Å²) in [6, 6.07) is 31.5. The van der Waals surface area contributed by atoms with E-state index >= 15 is 0 Å². The molecule has 0 radical (unpaired) electrons. The quantitative estimate of drug-likeness (QED) is 0.109. The number of benzene rings is 4. The number of alkyl halides is 3. The van der Waals surface area contributed by atoms with Gasteiger partial charge in [-0.3, -0.25) is 14.4 Å². The summed E-state index contributed by atoms with van der Waals surface area (Å²) in [6.45, 7) is 4.31. The van der Waals surface area contributed by atoms with E-state index in [0.29, 0.717) is 22.6 Å². The number of carbonyl (C=O) groups excluding carboxylic acids is 4. The third-order valence-corrected chi connectivity index (χ3v) is 11.1. The summed E-state index contributed by atoms with van der Waals surface area (Å²) in [7, 11) is 1.34. The van der Waals surface area contributed by atoms with Gasteiger partial charge in [0.05, 0.1) is 19.2 Å². The maximum atomic E-state index is 13.7. The van der Waals surface area contributed by atoms with Gasteiger partial charge >= 0.3 is 18.1 Å². The zero-order valence-corrected chi connectivity index (χ0v) is 34.3. The maximum Gasteiger partial charge on any atom is 0.490 e. The van der Waals surface area contributed by atoms with Gasteiger partial charge in [-0.25, -0.2) is 9.59 Å². The van der Waals surface area contributed by atoms with E-state index in [0.717, 1.165) is 67.2 Å². The highest BCUT2D eigenvalue weighted by atomic mass is 19.4. The minimum absolute atomic E-state index is 0.0775. The average molecular weight is 843 g/mol. The van der Waals surface area contributed by atoms with Crippen LogP contribution in [0.5, 0.6) is 0 Å². The Labute approximate surface area is 354 Å². The van der Waals surface area contributed by atoms with Crippen LogP contribution in [-0.2, 0) is 27.4 Å². The Morgan fingerprint density at radius 1 is 0.738 bits per heavy atom. The number of rotatable bonds is 14. The van der Waals surface area contributed by atoms with E-state index in [2.05, 4.69) is 10.6 Å². The maximum absolute atomic E-state index is 13.7. The Bertz CT molecular complexity index is 2080. The van der Waals surface area contributed by atoms with Crippen LogP contribution >= 0.6 is 0 Å². The number of hydrogen-bond donors (Lipinski definition) is 3. The lowest BCUT2D eigenvalue weighted by Gasteiger charge is -2.32. The molecule has 2 fully saturated rings. The molecule has 3 amide bonds. The summed E-state index contributed by atoms with van der Waals surface area (Å²) in [5.41, 5.74) is 5.19. The van der Waals surface area contributed by atoms with E-state index in [1.54, 1.807) is 53.4 Å². The largest absolute Gasteiger partial charge is 0.490 e. The van der Waals surface area contributed by atoms with Gasteiger partial charge in [0, 0.05) is 37.3 Å². The lowest BCUT2D eigenvalue weighted by molar-refractivity contribution is -0.192. The summed E-state index contributed by atoms with van der Waals surface area (Å²) in [4.78, 5) is 64.7. The number of hydrogen-bond acceptors (Lipinski definition) is 7. The molecule has 0 aromatic heterocycles. The third kappa shape index (κ3) is 14.3. The Hall–Kier alpha value is -6.02. The molecule has 0 atom stereocenters. The highest BCUT2D eigenvalue weighted by Crippen LogP contribution is 2.28. The topological polar surface area (TPSA) is 145 Å². The van der Waals surface area contributed by atoms with Crippen LogP contribution in [0.3, 0.4) is 0 Å². The number of ether oxygens (including phenoxy) is 1. The smallest absolute Gasteiger partial charge is 0.475 e. The number of aliphatic carboxylic acids is 1. The zero-order chi connectivity index (χ0) is 43.8. The van der Waals surface area contributed by atoms with Crippen LogP contribution in [0.25, 0.3) is 11.1 Å². The van der Waals surface area contributed by atoms with Gasteiger partial charge in [-0.05, 0) is 115 Å². The van der Waals surface area contributed by atoms with Crippen LogP contribution in [0.2, 0.25) is 0 Å². The van der Waals surface area contributed by atoms with E-state index in [9.17, 15) is 32.3 Å². The first-order valence-electron chi connectivity index (χ1n) is 20.6. The molecule has 2 aliphatic rings. The number of carboxylic acids is 1. The second kappa shape index (κ2) is 22.5. The molecule has 0 unspecified atom stereocenters. The van der Waals surface area contributed by atoms with E-state index in [4.69, 9.17) is 14.6 Å². The molecular weight excluding hydrogens is 790 g/mol. The van der Waals surface area contributed by atoms with Crippen molar-refractivity contribution in [2.45, 2.75) is 64.2 Å². The Morgan fingerprint density at radius 2 is 1.31 bits per heavy atom. The van der Waals surface area contributed by atoms with Crippen LogP contribution in [0.15, 0.2) is 103 Å². The van der Waals surface area contributed by atoms with Crippen molar-refractivity contribution in [3.63, 3.8) is 0 Å². The molecule has 4 aromatic rings. The van der Waals surface area contributed by atoms with Gasteiger partial charge in [0.15, 0.2) is 0 Å². The second-order valence-electron chi connectivity index (χ2n) is 15.4. The van der Waals surface area contributed by atoms with Crippen molar-refractivity contribution >= 4 is 29.7 Å². The number of carboxylic acid groups (broad SMARTS) is 1. The van der Waals surface area contributed by atoms with Gasteiger partial charge in [-0.1, -0.05) is 79.9 Å². The van der Waals surface area contributed by atoms with Gasteiger partial charge in [0.25, 0.3) is 11.8 Å². The third-order valence-electron chi connectivity index (χ3n) is 11.1. The molecule has 2 aliphatic heterocycles. The highest BCUT2D eigenvalue weighted by molar-refractivity contribution is 5.97. The van der Waals surface area contributed by atoms with Gasteiger partial charge in [0.2, 0.25) is 5.91 Å². The van der Waals surface area contributed by atoms with E-state index < -0.39 is 18.1 Å². The van der Waals surface area contributed by atoms with Crippen molar-refractivity contribution < 1.29 is 47.0 Å². The molecule has 0 spiro atoms. The monoisotopic (exact) mass is 842 g/mol. The Balaban J connectivity index is 0.000000925. The number of piperidine rings is 2. The Morgan fingerprint density at radius 3 is 1.93 bits per heavy atom. The highest BCUT2D eigenvalue weighted by Gasteiger charge is 2.38. The first-order valence-corrected chi connectivity index (χ1v) is 20.6. The number of likely N-dealkylation sites (tertiary alicyclic amines) is 1. The molecule has 3 N–H and O–H groups in total. The van der Waals surface area contributed by atoms with E-state index in [1.807, 2.05) is 59.5 Å². The van der Waals surface area contributed by atoms with Crippen LogP contribution < -0.4 is 10.6 Å². The molecule has 0 bridgehead atoms. The number of esters is 1. The molecule has 14 heteroatoms. The summed E-state index contributed by atoms with van der Waals surface area (Å²) < 4.78 is 36.6. The second-order valence-corrected chi connectivity index (χ2v) is 15.4. The molecule has 2 saturated heterocycles. The Kier molecular flexibility index (Phi) is 17.0. The van der Waals surface area contributed by atoms with Crippen LogP contribution in [-0.4, -0.2) is 90.6 Å². The molecule has 11 nitrogen and oxygen atoms in total. The molecular formula is C47H53F3N4O7. The molecule has 4 aromatic carbocycles. The van der Waals surface area contributed by atoms with E-state index in [-0.39, 0.29) is 37.4 Å². The predicted octanol–water partition coefficient (Wildman–Crippen LogP) is 7.75. The lowest BCUT2D eigenvalue weighted by atomic mass is 9.87. The molecule has 0 aliphatic carbocycles. The van der Waals surface area contributed by atoms with Crippen LogP contribution in [0, 0.1) is 11.8 Å². The van der Waals surface area contributed by atoms with Crippen molar-refractivity contribution in [3.8, 4) is 11.1 Å². The minimum Gasteiger partial charge on any atom is -0.475 e. The summed E-state index contributed by atoms with van der Waals surface area (Å²) in [5.74, 6) is -2.11. The number of carbonyl (C=O) groups is 5. The normalized spacial score (nSPS) is 14.6. The van der Waals surface area contributed by atoms with Gasteiger partial charge in [-0.15, -0.1) is 0 Å². The van der Waals surface area contributed by atoms with Crippen molar-refractivity contribution in [2.24, 2.45) is 11.8 Å². The molecule has 2 heterocycles. The number of nitrogens with zero attached hydrogens (tertiary/aromatic N) is 2. The summed E-state index contributed by atoms with van der Waals surface area (Å²) >= 11 is 0. The standard InChI is InChI=1S/C45H52N4O5.C2HF3O2/c1-54-45(53)38-18-16-35(17-19-38)31-49(42(50)30-47-43(51)37-11-3-2-4-12-37)32-36-10-6-13-39(28-36)40-14-7-15-41(29-40)44(52)48-26-22-34(23-27-48)9-5-8-33-20-24-46-25-21-33;3-2(4,5)1(6)7/h2-4,6-7,10-19,28-29,33-34,46H,5,8-9,20-27,30-32H2,1H3,(H,47,51);(H,6,7). The molecule has 324 valence electrons. The van der Waals surface area contributed by atoms with Crippen molar-refractivity contribution in [2.75, 3.05) is 39.8 Å². The first-order chi connectivity index (χ1) is 29.3. The average Bonchev–Trinajstić information content (AvgIpc) is 3.28. The predicted molar refractivity (Wildman–Crippen MR) is 224 cm³/mol. The zero-order valence-electron chi connectivity index (χ0n) is 34.3. The van der Waals surface area contributed by atoms with Crippen molar-refractivity contribution in [1.82, 2.24) is 20.4 Å². The molecule has 61 heavy (non-hydrogen) atoms. The number of methoxy groups -OCH3 is 1. The molecule has 6 rings (SSSR count). The van der Waals surface area contributed by atoms with Gasteiger partial charge in [-0.2, -0.15) is 13.2 Å². The van der Waals surface area contributed by atoms with E-state index in [1.165, 1.54) is 39.2 Å². The van der Waals surface area contributed by atoms with Crippen molar-refractivity contribution in [1.29, 1.82) is 0 Å². The number of amides is 3. The number of nitrogens with one attached hydrogen (secondary N) is 2. The fraction of sp³-hybridized carbons (Fsp3) is 0.383. The van der Waals surface area contributed by atoms with Crippen molar-refractivity contribution in [3.05, 3.63) is 131 Å². The molecule has 0 saturated carbocycles. The van der Waals surface area contributed by atoms with Crippen LogP contribution in [0.4, 0.5) is 13.2 Å². The fourth-order valence-corrected chi connectivity index (χ4v) is 7.65. The lowest BCUT2D eigenvalue weighted by Crippen LogP contribution is -2.39. The minimum atomic E-state index is -5.08. The fourth-order valence-electron chi connectivity index (χ4n) is 7.65. The van der Waals surface area contributed by atoms with Gasteiger partial charge < -0.3 is 30.3 Å². The summed E-state index contributed by atoms with van der Waals surface area (Å²) in [5, 5.41) is 13.3.